The molecule has 1 amide bonds. The molecule has 2 N–H and O–H groups in total. The van der Waals surface area contributed by atoms with Crippen LogP contribution in [0.25, 0.3) is 11.1 Å². The van der Waals surface area contributed by atoms with Crippen molar-refractivity contribution in [3.05, 3.63) is 24.1 Å². The largest absolute Gasteiger partial charge is 0.481 e. The van der Waals surface area contributed by atoms with Gasteiger partial charge in [0.1, 0.15) is 5.52 Å². The molecule has 1 aliphatic rings. The number of aliphatic carboxylic acids is 1. The molecule has 0 bridgehead atoms. The smallest absolute Gasteiger partial charge is 0.310 e. The molecule has 110 valence electrons. The minimum absolute atomic E-state index is 0.00973. The average molecular weight is 288 g/mol. The van der Waals surface area contributed by atoms with Crippen molar-refractivity contribution < 1.29 is 19.1 Å². The number of hydrogen-bond acceptors (Lipinski definition) is 4. The molecular weight excluding hydrogens is 272 g/mol. The van der Waals surface area contributed by atoms with Crippen LogP contribution in [0.5, 0.6) is 0 Å². The molecule has 21 heavy (non-hydrogen) atoms. The van der Waals surface area contributed by atoms with Crippen LogP contribution in [0.2, 0.25) is 0 Å². The monoisotopic (exact) mass is 288 g/mol. The molecule has 0 atom stereocenters. The lowest BCUT2D eigenvalue weighted by Crippen LogP contribution is -2.41. The van der Waals surface area contributed by atoms with E-state index in [4.69, 9.17) is 4.42 Å². The van der Waals surface area contributed by atoms with Crippen molar-refractivity contribution in [3.63, 3.8) is 0 Å². The molecule has 1 heterocycles. The van der Waals surface area contributed by atoms with Gasteiger partial charge in [0.15, 0.2) is 11.5 Å². The van der Waals surface area contributed by atoms with E-state index < -0.39 is 11.4 Å². The third-order valence-corrected chi connectivity index (χ3v) is 4.04. The zero-order valence-corrected chi connectivity index (χ0v) is 11.7. The number of nitrogens with one attached hydrogen (secondary N) is 1. The maximum atomic E-state index is 12.0. The normalized spacial score (nSPS) is 16.4. The summed E-state index contributed by atoms with van der Waals surface area (Å²) in [7, 11) is 0. The first-order valence-electron chi connectivity index (χ1n) is 6.89. The van der Waals surface area contributed by atoms with Gasteiger partial charge < -0.3 is 14.8 Å². The van der Waals surface area contributed by atoms with Gasteiger partial charge in [-0.05, 0) is 25.0 Å². The molecule has 6 nitrogen and oxygen atoms in total. The lowest BCUT2D eigenvalue weighted by atomic mass is 9.66. The van der Waals surface area contributed by atoms with E-state index in [-0.39, 0.29) is 12.3 Å². The van der Waals surface area contributed by atoms with Gasteiger partial charge in [-0.15, -0.1) is 0 Å². The van der Waals surface area contributed by atoms with Gasteiger partial charge in [0.2, 0.25) is 5.91 Å². The topological polar surface area (TPSA) is 92.4 Å². The number of carboxylic acid groups (broad SMARTS) is 1. The highest BCUT2D eigenvalue weighted by molar-refractivity contribution is 5.95. The number of fused-ring (bicyclic) bond motifs is 1. The summed E-state index contributed by atoms with van der Waals surface area (Å²) in [6.45, 7) is 1.76. The molecular formula is C15H16N2O4. The predicted octanol–water partition coefficient (Wildman–Crippen LogP) is 2.72. The Morgan fingerprint density at radius 2 is 2.19 bits per heavy atom. The summed E-state index contributed by atoms with van der Waals surface area (Å²) in [5.41, 5.74) is 1.04. The Kier molecular flexibility index (Phi) is 3.16. The van der Waals surface area contributed by atoms with Crippen LogP contribution in [0, 0.1) is 12.3 Å². The number of rotatable bonds is 4. The highest BCUT2D eigenvalue weighted by atomic mass is 16.4. The fourth-order valence-electron chi connectivity index (χ4n) is 2.70. The number of hydrogen-bond donors (Lipinski definition) is 2. The van der Waals surface area contributed by atoms with Gasteiger partial charge in [-0.25, -0.2) is 4.98 Å². The zero-order chi connectivity index (χ0) is 15.0. The molecule has 1 aromatic heterocycles. The van der Waals surface area contributed by atoms with Crippen LogP contribution in [0.4, 0.5) is 5.69 Å². The number of carboxylic acids is 1. The van der Waals surface area contributed by atoms with E-state index in [9.17, 15) is 14.7 Å². The summed E-state index contributed by atoms with van der Waals surface area (Å²) in [5, 5.41) is 12.0. The second-order valence-corrected chi connectivity index (χ2v) is 5.58. The number of carbonyl (C=O) groups is 2. The Hall–Kier alpha value is -2.37. The van der Waals surface area contributed by atoms with Crippen LogP contribution in [-0.2, 0) is 9.59 Å². The summed E-state index contributed by atoms with van der Waals surface area (Å²) in [6, 6.07) is 5.19. The molecule has 2 aromatic rings. The number of oxazole rings is 1. The van der Waals surface area contributed by atoms with Crippen molar-refractivity contribution in [2.24, 2.45) is 5.41 Å². The van der Waals surface area contributed by atoms with Crippen LogP contribution in [-0.4, -0.2) is 22.0 Å². The zero-order valence-electron chi connectivity index (χ0n) is 11.7. The molecule has 1 aromatic carbocycles. The molecule has 0 radical (unpaired) electrons. The highest BCUT2D eigenvalue weighted by Crippen LogP contribution is 2.44. The third kappa shape index (κ3) is 2.49. The van der Waals surface area contributed by atoms with Gasteiger partial charge in [0.25, 0.3) is 0 Å². The second kappa shape index (κ2) is 4.87. The van der Waals surface area contributed by atoms with Crippen molar-refractivity contribution >= 4 is 28.7 Å². The van der Waals surface area contributed by atoms with E-state index in [0.29, 0.717) is 30.0 Å². The summed E-state index contributed by atoms with van der Waals surface area (Å²) in [6.07, 6.45) is 2.00. The number of aryl methyl sites for hydroxylation is 1. The molecule has 1 aliphatic carbocycles. The fraction of sp³-hybridized carbons (Fsp3) is 0.400. The first-order chi connectivity index (χ1) is 9.98. The SMILES string of the molecule is Cc1nc2ccc(NC(=O)CC3(C(=O)O)CCC3)cc2o1. The maximum Gasteiger partial charge on any atom is 0.310 e. The van der Waals surface area contributed by atoms with Crippen molar-refractivity contribution in [1.82, 2.24) is 4.98 Å². The van der Waals surface area contributed by atoms with Crippen molar-refractivity contribution in [2.75, 3.05) is 5.32 Å². The third-order valence-electron chi connectivity index (χ3n) is 4.04. The Labute approximate surface area is 121 Å². The van der Waals surface area contributed by atoms with Gasteiger partial charge in [-0.2, -0.15) is 0 Å². The Morgan fingerprint density at radius 3 is 2.81 bits per heavy atom. The second-order valence-electron chi connectivity index (χ2n) is 5.58. The minimum atomic E-state index is -0.884. The number of carbonyl (C=O) groups excluding carboxylic acids is 1. The quantitative estimate of drug-likeness (QED) is 0.902. The summed E-state index contributed by atoms with van der Waals surface area (Å²) in [5.74, 6) is -0.606. The molecule has 3 rings (SSSR count). The van der Waals surface area contributed by atoms with Crippen LogP contribution < -0.4 is 5.32 Å². The summed E-state index contributed by atoms with van der Waals surface area (Å²) in [4.78, 5) is 27.5. The Balaban J connectivity index is 1.72. The first-order valence-corrected chi connectivity index (χ1v) is 6.89. The van der Waals surface area contributed by atoms with E-state index in [0.717, 1.165) is 11.9 Å². The van der Waals surface area contributed by atoms with Crippen LogP contribution in [0.3, 0.4) is 0 Å². The highest BCUT2D eigenvalue weighted by Gasteiger charge is 2.45. The van der Waals surface area contributed by atoms with Gasteiger partial charge >= 0.3 is 5.97 Å². The number of benzene rings is 1. The van der Waals surface area contributed by atoms with Crippen molar-refractivity contribution in [2.45, 2.75) is 32.6 Å². The summed E-state index contributed by atoms with van der Waals surface area (Å²) < 4.78 is 5.41. The van der Waals surface area contributed by atoms with Crippen molar-refractivity contribution in [3.8, 4) is 0 Å². The van der Waals surface area contributed by atoms with E-state index in [1.54, 1.807) is 25.1 Å². The lowest BCUT2D eigenvalue weighted by Gasteiger charge is -2.36. The Morgan fingerprint density at radius 1 is 1.43 bits per heavy atom. The molecule has 1 saturated carbocycles. The molecule has 0 spiro atoms. The van der Waals surface area contributed by atoms with E-state index in [2.05, 4.69) is 10.3 Å². The van der Waals surface area contributed by atoms with Crippen molar-refractivity contribution in [1.29, 1.82) is 0 Å². The van der Waals surface area contributed by atoms with Gasteiger partial charge in [0.05, 0.1) is 5.41 Å². The Bertz CT molecular complexity index is 716. The molecule has 0 aliphatic heterocycles. The number of anilines is 1. The predicted molar refractivity (Wildman–Crippen MR) is 75.9 cm³/mol. The van der Waals surface area contributed by atoms with Crippen LogP contribution >= 0.6 is 0 Å². The molecule has 0 saturated heterocycles. The van der Waals surface area contributed by atoms with E-state index in [1.807, 2.05) is 0 Å². The summed E-state index contributed by atoms with van der Waals surface area (Å²) >= 11 is 0. The van der Waals surface area contributed by atoms with Gasteiger partial charge in [0, 0.05) is 25.1 Å². The molecule has 0 unspecified atom stereocenters. The van der Waals surface area contributed by atoms with Crippen LogP contribution in [0.1, 0.15) is 31.6 Å². The number of aromatic nitrogens is 1. The number of nitrogens with zero attached hydrogens (tertiary/aromatic N) is 1. The van der Waals surface area contributed by atoms with Gasteiger partial charge in [-0.1, -0.05) is 6.42 Å². The van der Waals surface area contributed by atoms with E-state index in [1.165, 1.54) is 0 Å². The molecule has 1 fully saturated rings. The van der Waals surface area contributed by atoms with Gasteiger partial charge in [-0.3, -0.25) is 9.59 Å². The van der Waals surface area contributed by atoms with Crippen LogP contribution in [0.15, 0.2) is 22.6 Å². The van der Waals surface area contributed by atoms with E-state index >= 15 is 0 Å². The lowest BCUT2D eigenvalue weighted by molar-refractivity contribution is -0.157. The first kappa shape index (κ1) is 13.6. The minimum Gasteiger partial charge on any atom is -0.481 e. The fourth-order valence-corrected chi connectivity index (χ4v) is 2.70. The number of amides is 1. The maximum absolute atomic E-state index is 12.0. The average Bonchev–Trinajstić information content (AvgIpc) is 2.72. The molecule has 6 heteroatoms. The standard InChI is InChI=1S/C15H16N2O4/c1-9-16-11-4-3-10(7-12(11)21-9)17-13(18)8-15(14(19)20)5-2-6-15/h3-4,7H,2,5-6,8H2,1H3,(H,17,18)(H,19,20).